The van der Waals surface area contributed by atoms with Crippen LogP contribution >= 0.6 is 0 Å². The first-order chi connectivity index (χ1) is 12.4. The number of hydrogen-bond donors (Lipinski definition) is 1. The molecule has 0 aliphatic carbocycles. The number of aromatic hydroxyl groups is 1. The van der Waals surface area contributed by atoms with Gasteiger partial charge in [0.2, 0.25) is 0 Å². The second-order valence-electron chi connectivity index (χ2n) is 6.26. The molecule has 2 nitrogen and oxygen atoms in total. The van der Waals surface area contributed by atoms with Crippen LogP contribution in [0.25, 0.3) is 11.1 Å². The van der Waals surface area contributed by atoms with Gasteiger partial charge in [-0.3, -0.25) is 4.99 Å². The topological polar surface area (TPSA) is 32.6 Å². The van der Waals surface area contributed by atoms with Gasteiger partial charge in [0.25, 0.3) is 5.92 Å². The van der Waals surface area contributed by atoms with Crippen molar-refractivity contribution in [1.82, 2.24) is 0 Å². The molecule has 0 spiro atoms. The van der Waals surface area contributed by atoms with Crippen LogP contribution in [0.2, 0.25) is 0 Å². The summed E-state index contributed by atoms with van der Waals surface area (Å²) in [7, 11) is 0. The van der Waals surface area contributed by atoms with Crippen LogP contribution in [0.15, 0.2) is 71.7 Å². The van der Waals surface area contributed by atoms with Gasteiger partial charge in [-0.2, -0.15) is 0 Å². The van der Waals surface area contributed by atoms with E-state index >= 15 is 0 Å². The number of alkyl halides is 2. The fraction of sp³-hybridized carbons (Fsp3) is 0.136. The highest BCUT2D eigenvalue weighted by Crippen LogP contribution is 2.33. The maximum Gasteiger partial charge on any atom is 0.270 e. The third-order valence-corrected chi connectivity index (χ3v) is 4.20. The fourth-order valence-corrected chi connectivity index (χ4v) is 2.73. The van der Waals surface area contributed by atoms with E-state index in [2.05, 4.69) is 4.99 Å². The molecule has 0 fully saturated rings. The van der Waals surface area contributed by atoms with Gasteiger partial charge in [0.1, 0.15) is 5.75 Å². The molecule has 0 aliphatic heterocycles. The van der Waals surface area contributed by atoms with Crippen LogP contribution in [-0.4, -0.2) is 11.3 Å². The molecule has 0 atom stereocenters. The highest BCUT2D eigenvalue weighted by atomic mass is 19.3. The maximum atomic E-state index is 13.4. The van der Waals surface area contributed by atoms with E-state index in [1.54, 1.807) is 25.3 Å². The molecule has 0 amide bonds. The quantitative estimate of drug-likeness (QED) is 0.555. The third kappa shape index (κ3) is 3.80. The van der Waals surface area contributed by atoms with Crippen molar-refractivity contribution in [2.24, 2.45) is 4.99 Å². The van der Waals surface area contributed by atoms with E-state index < -0.39 is 5.92 Å². The molecule has 3 aromatic carbocycles. The van der Waals surface area contributed by atoms with E-state index in [9.17, 15) is 13.9 Å². The lowest BCUT2D eigenvalue weighted by molar-refractivity contribution is 0.0174. The Balaban J connectivity index is 1.92. The molecule has 3 aromatic rings. The van der Waals surface area contributed by atoms with E-state index in [1.165, 1.54) is 12.1 Å². The van der Waals surface area contributed by atoms with Crippen molar-refractivity contribution in [3.63, 3.8) is 0 Å². The van der Waals surface area contributed by atoms with Crippen LogP contribution < -0.4 is 0 Å². The second kappa shape index (κ2) is 7.08. The largest absolute Gasteiger partial charge is 0.507 e. The average molecular weight is 351 g/mol. The summed E-state index contributed by atoms with van der Waals surface area (Å²) in [5.41, 5.74) is 3.39. The van der Waals surface area contributed by atoms with Crippen molar-refractivity contribution in [2.45, 2.75) is 19.8 Å². The molecule has 1 N–H and O–H groups in total. The minimum Gasteiger partial charge on any atom is -0.507 e. The Morgan fingerprint density at radius 2 is 1.69 bits per heavy atom. The van der Waals surface area contributed by atoms with E-state index in [1.807, 2.05) is 42.5 Å². The van der Waals surface area contributed by atoms with Crippen molar-refractivity contribution in [2.75, 3.05) is 0 Å². The average Bonchev–Trinajstić information content (AvgIpc) is 2.61. The first-order valence-corrected chi connectivity index (χ1v) is 8.26. The zero-order chi connectivity index (χ0) is 18.7. The monoisotopic (exact) mass is 351 g/mol. The normalized spacial score (nSPS) is 11.8. The summed E-state index contributed by atoms with van der Waals surface area (Å²) in [5, 5.41) is 10.5. The Hall–Kier alpha value is -3.01. The molecule has 0 bridgehead atoms. The molecule has 0 aromatic heterocycles. The molecular weight excluding hydrogens is 332 g/mol. The van der Waals surface area contributed by atoms with Crippen LogP contribution in [-0.2, 0) is 5.92 Å². The molecule has 0 unspecified atom stereocenters. The Kier molecular flexibility index (Phi) is 4.85. The summed E-state index contributed by atoms with van der Waals surface area (Å²) in [6, 6.07) is 19.4. The highest BCUT2D eigenvalue weighted by molar-refractivity contribution is 5.90. The van der Waals surface area contributed by atoms with E-state index in [0.29, 0.717) is 22.4 Å². The number of halogens is 2. The highest BCUT2D eigenvalue weighted by Gasteiger charge is 2.24. The summed E-state index contributed by atoms with van der Waals surface area (Å²) in [5.74, 6) is -2.74. The molecule has 3 rings (SSSR count). The number of aliphatic imine (C=N–C) groups is 1. The number of phenolic OH excluding ortho intramolecular Hbond substituents is 1. The summed E-state index contributed by atoms with van der Waals surface area (Å²) in [4.78, 5) is 4.36. The van der Waals surface area contributed by atoms with Crippen molar-refractivity contribution >= 4 is 11.9 Å². The molecule has 132 valence electrons. The molecular formula is C22H19F2NO. The van der Waals surface area contributed by atoms with Gasteiger partial charge in [0.15, 0.2) is 0 Å². The first-order valence-electron chi connectivity index (χ1n) is 8.26. The first kappa shape index (κ1) is 17.8. The van der Waals surface area contributed by atoms with Gasteiger partial charge in [-0.05, 0) is 36.2 Å². The Bertz CT molecular complexity index is 944. The maximum absolute atomic E-state index is 13.4. The van der Waals surface area contributed by atoms with Gasteiger partial charge >= 0.3 is 0 Å². The van der Waals surface area contributed by atoms with Crippen LogP contribution in [0.1, 0.15) is 23.6 Å². The second-order valence-corrected chi connectivity index (χ2v) is 6.26. The van der Waals surface area contributed by atoms with E-state index in [4.69, 9.17) is 0 Å². The molecule has 26 heavy (non-hydrogen) atoms. The minimum absolute atomic E-state index is 0.0390. The lowest BCUT2D eigenvalue weighted by atomic mass is 10.0. The summed E-state index contributed by atoms with van der Waals surface area (Å²) in [6.07, 6.45) is 1.55. The van der Waals surface area contributed by atoms with E-state index in [0.717, 1.165) is 12.5 Å². The van der Waals surface area contributed by atoms with Gasteiger partial charge < -0.3 is 5.11 Å². The fourth-order valence-electron chi connectivity index (χ4n) is 2.73. The number of nitrogens with zero attached hydrogens (tertiary/aromatic N) is 1. The lowest BCUT2D eigenvalue weighted by Gasteiger charge is -2.12. The number of para-hydroxylation sites is 1. The van der Waals surface area contributed by atoms with Gasteiger partial charge in [0.05, 0.1) is 5.69 Å². The Labute approximate surface area is 151 Å². The van der Waals surface area contributed by atoms with Crippen LogP contribution in [0.5, 0.6) is 5.75 Å². The molecule has 0 aliphatic rings. The van der Waals surface area contributed by atoms with Crippen molar-refractivity contribution in [3.05, 3.63) is 83.4 Å². The van der Waals surface area contributed by atoms with Gasteiger partial charge in [-0.15, -0.1) is 0 Å². The number of hydrogen-bond acceptors (Lipinski definition) is 2. The van der Waals surface area contributed by atoms with Crippen LogP contribution in [0, 0.1) is 6.92 Å². The summed E-state index contributed by atoms with van der Waals surface area (Å²) in [6.45, 7) is 2.61. The zero-order valence-corrected chi connectivity index (χ0v) is 14.6. The summed E-state index contributed by atoms with van der Waals surface area (Å²) < 4.78 is 26.8. The number of benzene rings is 3. The zero-order valence-electron chi connectivity index (χ0n) is 14.6. The third-order valence-electron chi connectivity index (χ3n) is 4.20. The Morgan fingerprint density at radius 3 is 2.35 bits per heavy atom. The number of phenols is 1. The van der Waals surface area contributed by atoms with Crippen molar-refractivity contribution in [3.8, 4) is 16.9 Å². The SMILES string of the molecule is Cc1cc(C(C)(F)F)ccc1/N=C/c1cccc(-c2ccccc2)c1O. The Morgan fingerprint density at radius 1 is 0.962 bits per heavy atom. The number of rotatable bonds is 4. The summed E-state index contributed by atoms with van der Waals surface area (Å²) >= 11 is 0. The molecule has 4 heteroatoms. The predicted molar refractivity (Wildman–Crippen MR) is 102 cm³/mol. The van der Waals surface area contributed by atoms with E-state index in [-0.39, 0.29) is 11.3 Å². The van der Waals surface area contributed by atoms with Gasteiger partial charge in [0, 0.05) is 29.8 Å². The lowest BCUT2D eigenvalue weighted by Crippen LogP contribution is -2.06. The predicted octanol–water partition coefficient (Wildman–Crippen LogP) is 6.23. The van der Waals surface area contributed by atoms with Gasteiger partial charge in [-0.25, -0.2) is 8.78 Å². The minimum atomic E-state index is -2.88. The van der Waals surface area contributed by atoms with Crippen LogP contribution in [0.3, 0.4) is 0 Å². The molecule has 0 radical (unpaired) electrons. The molecule has 0 saturated carbocycles. The van der Waals surface area contributed by atoms with Crippen molar-refractivity contribution < 1.29 is 13.9 Å². The van der Waals surface area contributed by atoms with Gasteiger partial charge in [-0.1, -0.05) is 48.5 Å². The molecule has 0 saturated heterocycles. The van der Waals surface area contributed by atoms with Crippen molar-refractivity contribution in [1.29, 1.82) is 0 Å². The van der Waals surface area contributed by atoms with Crippen LogP contribution in [0.4, 0.5) is 14.5 Å². The smallest absolute Gasteiger partial charge is 0.270 e. The standard InChI is InChI=1S/C22H19F2NO/c1-15-13-18(22(2,23)24)11-12-20(15)25-14-17-9-6-10-19(21(17)26)16-7-4-3-5-8-16/h3-14,26H,1-2H3/b25-14+. The molecule has 0 heterocycles. The number of aryl methyl sites for hydroxylation is 1.